The monoisotopic (exact) mass is 712 g/mol. The smallest absolute Gasteiger partial charge is 0.308 e. The van der Waals surface area contributed by atoms with Crippen LogP contribution in [0.4, 0.5) is 0 Å². The Bertz CT molecular complexity index is 1860. The molecule has 0 bridgehead atoms. The Kier molecular flexibility index (Phi) is 11.6. The highest BCUT2D eigenvalue weighted by molar-refractivity contribution is 5.72. The van der Waals surface area contributed by atoms with Crippen LogP contribution in [0.5, 0.6) is 34.5 Å². The van der Waals surface area contributed by atoms with Gasteiger partial charge >= 0.3 is 23.9 Å². The second-order valence-electron chi connectivity index (χ2n) is 12.5. The first-order chi connectivity index (χ1) is 24.7. The Hall–Kier alpha value is -5.72. The van der Waals surface area contributed by atoms with E-state index in [1.807, 2.05) is 12.1 Å². The van der Waals surface area contributed by atoms with Crippen LogP contribution in [0.15, 0.2) is 72.8 Å². The molecule has 0 spiro atoms. The zero-order chi connectivity index (χ0) is 37.7. The molecule has 0 saturated heterocycles. The molecule has 0 amide bonds. The van der Waals surface area contributed by atoms with Gasteiger partial charge < -0.3 is 38.6 Å². The maximum Gasteiger partial charge on any atom is 0.308 e. The van der Waals surface area contributed by atoms with Gasteiger partial charge in [-0.15, -0.1) is 0 Å². The third-order valence-corrected chi connectivity index (χ3v) is 8.59. The van der Waals surface area contributed by atoms with Crippen molar-refractivity contribution in [3.63, 3.8) is 0 Å². The molecule has 6 rings (SSSR count). The summed E-state index contributed by atoms with van der Waals surface area (Å²) in [5, 5.41) is 21.7. The fourth-order valence-corrected chi connectivity index (χ4v) is 6.24. The van der Waals surface area contributed by atoms with E-state index in [1.54, 1.807) is 74.5 Å². The molecule has 2 N–H and O–H groups in total. The van der Waals surface area contributed by atoms with Crippen LogP contribution in [-0.4, -0.2) is 47.3 Å². The fourth-order valence-electron chi connectivity index (χ4n) is 6.24. The summed E-state index contributed by atoms with van der Waals surface area (Å²) in [5.74, 6) is 0.500. The normalized spacial score (nSPS) is 18.5. The van der Waals surface area contributed by atoms with Crippen molar-refractivity contribution in [3.05, 3.63) is 106 Å². The zero-order valence-electron chi connectivity index (χ0n) is 29.6. The van der Waals surface area contributed by atoms with Crippen molar-refractivity contribution in [1.82, 2.24) is 0 Å². The topological polar surface area (TPSA) is 164 Å². The molecule has 0 radical (unpaired) electrons. The van der Waals surface area contributed by atoms with E-state index >= 15 is 0 Å². The second-order valence-corrected chi connectivity index (χ2v) is 12.5. The van der Waals surface area contributed by atoms with Crippen molar-refractivity contribution in [2.75, 3.05) is 13.2 Å². The minimum absolute atomic E-state index is 0.252. The van der Waals surface area contributed by atoms with Crippen LogP contribution >= 0.6 is 0 Å². The Labute approximate surface area is 300 Å². The first-order valence-corrected chi connectivity index (χ1v) is 16.6. The van der Waals surface area contributed by atoms with Crippen molar-refractivity contribution in [2.45, 2.75) is 65.6 Å². The lowest BCUT2D eigenvalue weighted by atomic mass is 9.86. The fraction of sp³-hybridized carbons (Fsp3) is 0.300. The van der Waals surface area contributed by atoms with Crippen LogP contribution in [-0.2, 0) is 19.2 Å². The maximum atomic E-state index is 11.2. The van der Waals surface area contributed by atoms with Crippen molar-refractivity contribution < 1.29 is 57.8 Å². The lowest BCUT2D eigenvalue weighted by Gasteiger charge is -2.32. The standard InChI is InChI=1S/2C20H20O6/c2*1-11-18(26-13(3)22)8-7-16-19(23)17(10-24-20(11)16)14-5-4-6-15(9-14)25-12(2)21/h2*4-9,17,19,23H,10H2,1-3H3. The van der Waals surface area contributed by atoms with E-state index in [9.17, 15) is 29.4 Å². The van der Waals surface area contributed by atoms with Gasteiger partial charge in [-0.1, -0.05) is 24.3 Å². The van der Waals surface area contributed by atoms with Crippen LogP contribution in [0.25, 0.3) is 0 Å². The van der Waals surface area contributed by atoms with Crippen LogP contribution in [0.1, 0.15) is 85.1 Å². The van der Waals surface area contributed by atoms with Crippen LogP contribution in [0.2, 0.25) is 0 Å². The summed E-state index contributed by atoms with van der Waals surface area (Å²) in [6.07, 6.45) is -1.59. The molecule has 12 heteroatoms. The summed E-state index contributed by atoms with van der Waals surface area (Å²) in [7, 11) is 0. The molecule has 0 aromatic heterocycles. The van der Waals surface area contributed by atoms with E-state index in [4.69, 9.17) is 28.4 Å². The SMILES string of the molecule is CC(=O)Oc1cccc(C2COc3c(ccc(OC(C)=O)c3C)C2O)c1.CC(=O)Oc1cccc(C2COc3c(ccc(OC(C)=O)c3C)C2O)c1. The van der Waals surface area contributed by atoms with Gasteiger partial charge in [0.2, 0.25) is 0 Å². The molecule has 0 fully saturated rings. The number of aliphatic hydroxyl groups is 2. The molecule has 2 aliphatic rings. The minimum Gasteiger partial charge on any atom is -0.492 e. The summed E-state index contributed by atoms with van der Waals surface area (Å²) in [6, 6.07) is 20.8. The third-order valence-electron chi connectivity index (χ3n) is 8.59. The van der Waals surface area contributed by atoms with Gasteiger partial charge in [-0.2, -0.15) is 0 Å². The number of carbonyl (C=O) groups excluding carboxylic acids is 4. The van der Waals surface area contributed by atoms with Crippen molar-refractivity contribution in [3.8, 4) is 34.5 Å². The number of ether oxygens (including phenoxy) is 6. The number of benzene rings is 4. The van der Waals surface area contributed by atoms with E-state index in [-0.39, 0.29) is 25.0 Å². The number of esters is 4. The Morgan fingerprint density at radius 2 is 0.923 bits per heavy atom. The van der Waals surface area contributed by atoms with Crippen molar-refractivity contribution in [1.29, 1.82) is 0 Å². The molecule has 12 nitrogen and oxygen atoms in total. The minimum atomic E-state index is -0.795. The predicted octanol–water partition coefficient (Wildman–Crippen LogP) is 6.11. The molecule has 52 heavy (non-hydrogen) atoms. The molecule has 4 aromatic carbocycles. The Balaban J connectivity index is 0.000000201. The molecule has 2 aliphatic heterocycles. The van der Waals surface area contributed by atoms with Crippen LogP contribution in [0.3, 0.4) is 0 Å². The zero-order valence-corrected chi connectivity index (χ0v) is 29.6. The average molecular weight is 713 g/mol. The summed E-state index contributed by atoms with van der Waals surface area (Å²) < 4.78 is 32.3. The van der Waals surface area contributed by atoms with Gasteiger partial charge in [-0.05, 0) is 73.5 Å². The van der Waals surface area contributed by atoms with Gasteiger partial charge in [-0.25, -0.2) is 0 Å². The summed E-state index contributed by atoms with van der Waals surface area (Å²) in [4.78, 5) is 44.7. The number of fused-ring (bicyclic) bond motifs is 2. The van der Waals surface area contributed by atoms with Crippen molar-refractivity contribution >= 4 is 23.9 Å². The van der Waals surface area contributed by atoms with E-state index in [2.05, 4.69) is 0 Å². The quantitative estimate of drug-likeness (QED) is 0.174. The van der Waals surface area contributed by atoms with E-state index < -0.39 is 36.1 Å². The highest BCUT2D eigenvalue weighted by Crippen LogP contribution is 2.46. The van der Waals surface area contributed by atoms with E-state index in [0.29, 0.717) is 56.8 Å². The lowest BCUT2D eigenvalue weighted by Crippen LogP contribution is -2.25. The number of hydrogen-bond acceptors (Lipinski definition) is 12. The molecule has 4 aromatic rings. The highest BCUT2D eigenvalue weighted by atomic mass is 16.5. The van der Waals surface area contributed by atoms with E-state index in [1.165, 1.54) is 27.7 Å². The second kappa shape index (κ2) is 16.1. The predicted molar refractivity (Wildman–Crippen MR) is 187 cm³/mol. The molecule has 272 valence electrons. The Morgan fingerprint density at radius 3 is 1.27 bits per heavy atom. The van der Waals surface area contributed by atoms with Gasteiger partial charge in [0.05, 0.1) is 25.4 Å². The summed E-state index contributed by atoms with van der Waals surface area (Å²) in [5.41, 5.74) is 4.22. The largest absolute Gasteiger partial charge is 0.492 e. The lowest BCUT2D eigenvalue weighted by molar-refractivity contribution is -0.132. The maximum absolute atomic E-state index is 11.2. The van der Waals surface area contributed by atoms with Gasteiger partial charge in [-0.3, -0.25) is 19.2 Å². The first-order valence-electron chi connectivity index (χ1n) is 16.6. The molecular weight excluding hydrogens is 672 g/mol. The Morgan fingerprint density at radius 1 is 0.558 bits per heavy atom. The number of rotatable bonds is 6. The highest BCUT2D eigenvalue weighted by Gasteiger charge is 2.34. The van der Waals surface area contributed by atoms with Crippen molar-refractivity contribution in [2.24, 2.45) is 0 Å². The van der Waals surface area contributed by atoms with Gasteiger partial charge in [0, 0.05) is 61.8 Å². The van der Waals surface area contributed by atoms with Gasteiger partial charge in [0.15, 0.2) is 0 Å². The average Bonchev–Trinajstić information content (AvgIpc) is 3.07. The van der Waals surface area contributed by atoms with E-state index in [0.717, 1.165) is 11.1 Å². The summed E-state index contributed by atoms with van der Waals surface area (Å²) in [6.45, 7) is 9.42. The molecule has 4 unspecified atom stereocenters. The number of carbonyl (C=O) groups is 4. The van der Waals surface area contributed by atoms with Crippen LogP contribution < -0.4 is 28.4 Å². The van der Waals surface area contributed by atoms with Gasteiger partial charge in [0.25, 0.3) is 0 Å². The number of hydrogen-bond donors (Lipinski definition) is 2. The number of aliphatic hydroxyl groups excluding tert-OH is 2. The molecule has 4 atom stereocenters. The molecule has 2 heterocycles. The first kappa shape index (κ1) is 37.5. The van der Waals surface area contributed by atoms with Crippen LogP contribution in [0, 0.1) is 13.8 Å². The summed E-state index contributed by atoms with van der Waals surface area (Å²) >= 11 is 0. The molecule has 0 aliphatic carbocycles. The van der Waals surface area contributed by atoms with Gasteiger partial charge in [0.1, 0.15) is 34.5 Å². The molecule has 0 saturated carbocycles. The molecular formula is C40H40O12. The third kappa shape index (κ3) is 8.59.